The van der Waals surface area contributed by atoms with E-state index in [-0.39, 0.29) is 43.1 Å². The van der Waals surface area contributed by atoms with Crippen LogP contribution in [0.2, 0.25) is 0 Å². The highest BCUT2D eigenvalue weighted by Crippen LogP contribution is 2.15. The summed E-state index contributed by atoms with van der Waals surface area (Å²) in [4.78, 5) is 51.4. The molecular weight excluding hydrogens is 576 g/mol. The van der Waals surface area contributed by atoms with Crippen LogP contribution in [0.25, 0.3) is 0 Å². The lowest BCUT2D eigenvalue weighted by molar-refractivity contribution is -0.125. The first-order valence-corrected chi connectivity index (χ1v) is 14.9. The van der Waals surface area contributed by atoms with Crippen LogP contribution < -0.4 is 21.7 Å². The maximum atomic E-state index is 11.3. The summed E-state index contributed by atoms with van der Waals surface area (Å²) < 4.78 is 11.7. The van der Waals surface area contributed by atoms with E-state index in [1.807, 2.05) is 36.4 Å². The number of carbonyl (C=O) groups excluding carboxylic acids is 5. The zero-order valence-corrected chi connectivity index (χ0v) is 27.9. The van der Waals surface area contributed by atoms with Crippen molar-refractivity contribution in [3.8, 4) is 0 Å². The van der Waals surface area contributed by atoms with Crippen molar-refractivity contribution >= 4 is 31.3 Å². The number of ether oxygens (including phenoxy) is 2. The molecule has 45 heavy (non-hydrogen) atoms. The van der Waals surface area contributed by atoms with Crippen molar-refractivity contribution in [2.24, 2.45) is 11.7 Å². The van der Waals surface area contributed by atoms with Crippen molar-refractivity contribution in [3.05, 3.63) is 71.8 Å². The number of benzene rings is 2. The van der Waals surface area contributed by atoms with Gasteiger partial charge in [0, 0.05) is 5.92 Å². The van der Waals surface area contributed by atoms with E-state index in [0.29, 0.717) is 32.3 Å². The van der Waals surface area contributed by atoms with Crippen LogP contribution in [-0.4, -0.2) is 75.3 Å². The molecule has 0 fully saturated rings. The molecule has 2 aromatic rings. The summed E-state index contributed by atoms with van der Waals surface area (Å²) in [5.41, 5.74) is 6.56. The average molecular weight is 631 g/mol. The molecule has 0 spiro atoms. The molecule has 0 heterocycles. The lowest BCUT2D eigenvalue weighted by Crippen LogP contribution is -2.42. The van der Waals surface area contributed by atoms with E-state index in [0.717, 1.165) is 6.29 Å². The first kappa shape index (κ1) is 43.2. The summed E-state index contributed by atoms with van der Waals surface area (Å²) in [6.45, 7) is 13.5. The molecule has 2 aromatic carbocycles. The van der Waals surface area contributed by atoms with Gasteiger partial charge in [-0.2, -0.15) is 0 Å². The lowest BCUT2D eigenvalue weighted by atomic mass is 9.98. The standard InChI is InChI=1S/C15H24O2.C11H19N3O4.C7H8.CH3NO/c1-12(13(2)17-15(3,4)5)16-11-14-9-7-6-8-10-14;1-12-3-2-9(6-15)4-10(7-16)14-11(18)5-13-8-17;1-7-5-3-2-4-6-7;2-1-3/h6-10,12-13H,11H2,1-5H3;6-10,12H,2-5H2,1H3,(H,13,17)(H,14,18);2-6H,1H3;1H,(H2,2,3). The minimum atomic E-state index is -0.710. The fourth-order valence-electron chi connectivity index (χ4n) is 3.56. The number of amides is 3. The third-order valence-electron chi connectivity index (χ3n) is 5.87. The molecule has 0 aliphatic heterocycles. The number of hydrogen-bond acceptors (Lipinski definition) is 8. The van der Waals surface area contributed by atoms with Crippen LogP contribution in [0, 0.1) is 12.8 Å². The van der Waals surface area contributed by atoms with Gasteiger partial charge in [-0.05, 0) is 73.5 Å². The molecule has 0 bridgehead atoms. The molecule has 0 radical (unpaired) electrons. The van der Waals surface area contributed by atoms with Gasteiger partial charge in [0.15, 0.2) is 0 Å². The second kappa shape index (κ2) is 27.6. The highest BCUT2D eigenvalue weighted by atomic mass is 16.6. The first-order chi connectivity index (χ1) is 21.4. The lowest BCUT2D eigenvalue weighted by Gasteiger charge is -2.29. The van der Waals surface area contributed by atoms with Crippen molar-refractivity contribution in [2.45, 2.75) is 84.8 Å². The zero-order chi connectivity index (χ0) is 34.5. The molecule has 5 N–H and O–H groups in total. The van der Waals surface area contributed by atoms with Gasteiger partial charge in [-0.25, -0.2) is 0 Å². The predicted octanol–water partition coefficient (Wildman–Crippen LogP) is 3.12. The van der Waals surface area contributed by atoms with Crippen LogP contribution in [0.4, 0.5) is 0 Å². The molecule has 11 heteroatoms. The van der Waals surface area contributed by atoms with Gasteiger partial charge in [0.05, 0.1) is 37.0 Å². The minimum Gasteiger partial charge on any atom is -0.372 e. The summed E-state index contributed by atoms with van der Waals surface area (Å²) in [7, 11) is 1.77. The Kier molecular flexibility index (Phi) is 26.5. The Bertz CT molecular complexity index is 1030. The Morgan fingerprint density at radius 1 is 0.911 bits per heavy atom. The van der Waals surface area contributed by atoms with Crippen molar-refractivity contribution in [1.82, 2.24) is 16.0 Å². The Balaban J connectivity index is 0. The van der Waals surface area contributed by atoms with E-state index in [9.17, 15) is 19.2 Å². The Morgan fingerprint density at radius 3 is 1.89 bits per heavy atom. The summed E-state index contributed by atoms with van der Waals surface area (Å²) in [6.07, 6.45) is 3.08. The molecule has 2 rings (SSSR count). The number of aldehydes is 2. The van der Waals surface area contributed by atoms with E-state index < -0.39 is 11.9 Å². The van der Waals surface area contributed by atoms with E-state index in [1.54, 1.807) is 7.05 Å². The third kappa shape index (κ3) is 27.4. The smallest absolute Gasteiger partial charge is 0.239 e. The molecule has 3 amide bonds. The van der Waals surface area contributed by atoms with Gasteiger partial charge in [-0.3, -0.25) is 14.4 Å². The fourth-order valence-corrected chi connectivity index (χ4v) is 3.56. The van der Waals surface area contributed by atoms with Gasteiger partial charge >= 0.3 is 0 Å². The van der Waals surface area contributed by atoms with Crippen molar-refractivity contribution < 1.29 is 33.4 Å². The molecule has 0 saturated heterocycles. The van der Waals surface area contributed by atoms with Gasteiger partial charge in [0.25, 0.3) is 0 Å². The average Bonchev–Trinajstić information content (AvgIpc) is 3.01. The Labute approximate surface area is 269 Å². The maximum absolute atomic E-state index is 11.3. The van der Waals surface area contributed by atoms with E-state index in [1.165, 1.54) is 11.1 Å². The molecule has 11 nitrogen and oxygen atoms in total. The number of carbonyl (C=O) groups is 5. The summed E-state index contributed by atoms with van der Waals surface area (Å²) in [6, 6.07) is 19.8. The van der Waals surface area contributed by atoms with E-state index in [2.05, 4.69) is 87.5 Å². The topological polar surface area (TPSA) is 166 Å². The molecule has 4 atom stereocenters. The summed E-state index contributed by atoms with van der Waals surface area (Å²) in [5, 5.41) is 7.54. The molecule has 0 aromatic heterocycles. The number of nitrogens with one attached hydrogen (secondary N) is 3. The van der Waals surface area contributed by atoms with Gasteiger partial charge < -0.3 is 40.7 Å². The monoisotopic (exact) mass is 630 g/mol. The summed E-state index contributed by atoms with van der Waals surface area (Å²) in [5.74, 6) is -0.746. The van der Waals surface area contributed by atoms with Crippen LogP contribution in [-0.2, 0) is 40.1 Å². The minimum absolute atomic E-state index is 0.0921. The van der Waals surface area contributed by atoms with Crippen molar-refractivity contribution in [3.63, 3.8) is 0 Å². The number of nitrogens with two attached hydrogens (primary N) is 1. The number of hydrogen-bond donors (Lipinski definition) is 4. The SMILES string of the molecule is CC(OCc1ccccc1)C(C)OC(C)(C)C.CNCCC(C=O)CC(C=O)NC(=O)CNC=O.Cc1ccccc1.NC=O. The van der Waals surface area contributed by atoms with Crippen LogP contribution in [0.5, 0.6) is 0 Å². The molecule has 0 aliphatic rings. The quantitative estimate of drug-likeness (QED) is 0.205. The zero-order valence-electron chi connectivity index (χ0n) is 27.9. The Morgan fingerprint density at radius 2 is 1.47 bits per heavy atom. The first-order valence-electron chi connectivity index (χ1n) is 14.9. The van der Waals surface area contributed by atoms with E-state index >= 15 is 0 Å². The molecule has 4 unspecified atom stereocenters. The second-order valence-electron chi connectivity index (χ2n) is 11.1. The third-order valence-corrected chi connectivity index (χ3v) is 5.87. The maximum Gasteiger partial charge on any atom is 0.239 e. The Hall–Kier alpha value is -3.93. The molecular formula is C34H54N4O7. The normalized spacial score (nSPS) is 12.8. The highest BCUT2D eigenvalue weighted by molar-refractivity contribution is 5.82. The van der Waals surface area contributed by atoms with Crippen LogP contribution in [0.1, 0.15) is 58.6 Å². The van der Waals surface area contributed by atoms with Gasteiger partial charge in [-0.1, -0.05) is 66.2 Å². The van der Waals surface area contributed by atoms with Gasteiger partial charge in [0.1, 0.15) is 12.6 Å². The predicted molar refractivity (Wildman–Crippen MR) is 177 cm³/mol. The number of primary amides is 1. The fraction of sp³-hybridized carbons (Fsp3) is 0.500. The molecule has 0 aliphatic carbocycles. The molecule has 252 valence electrons. The number of aryl methyl sites for hydroxylation is 1. The summed E-state index contributed by atoms with van der Waals surface area (Å²) >= 11 is 0. The van der Waals surface area contributed by atoms with Crippen LogP contribution >= 0.6 is 0 Å². The van der Waals surface area contributed by atoms with Gasteiger partial charge in [0.2, 0.25) is 18.7 Å². The molecule has 0 saturated carbocycles. The van der Waals surface area contributed by atoms with Crippen LogP contribution in [0.3, 0.4) is 0 Å². The second-order valence-corrected chi connectivity index (χ2v) is 11.1. The van der Waals surface area contributed by atoms with E-state index in [4.69, 9.17) is 14.3 Å². The van der Waals surface area contributed by atoms with Crippen LogP contribution in [0.15, 0.2) is 60.7 Å². The highest BCUT2D eigenvalue weighted by Gasteiger charge is 2.20. The van der Waals surface area contributed by atoms with Crippen molar-refractivity contribution in [2.75, 3.05) is 20.1 Å². The van der Waals surface area contributed by atoms with Gasteiger partial charge in [-0.15, -0.1) is 0 Å². The van der Waals surface area contributed by atoms with Crippen molar-refractivity contribution in [1.29, 1.82) is 0 Å². The largest absolute Gasteiger partial charge is 0.372 e. The number of rotatable bonds is 16.